The molecule has 7 heteroatoms. The lowest BCUT2D eigenvalue weighted by Crippen LogP contribution is -2.36. The van der Waals surface area contributed by atoms with Gasteiger partial charge in [-0.1, -0.05) is 24.3 Å². The number of nitrogens with one attached hydrogen (secondary N) is 2. The lowest BCUT2D eigenvalue weighted by Gasteiger charge is -2.18. The molecule has 1 atom stereocenters. The van der Waals surface area contributed by atoms with Crippen molar-refractivity contribution in [3.63, 3.8) is 0 Å². The Kier molecular flexibility index (Phi) is 8.51. The lowest BCUT2D eigenvalue weighted by atomic mass is 9.98. The normalized spacial score (nSPS) is 12.3. The van der Waals surface area contributed by atoms with E-state index in [1.54, 1.807) is 45.3 Å². The number of likely N-dealkylation sites (N-methyl/N-ethyl adjacent to an activating group) is 1. The van der Waals surface area contributed by atoms with E-state index < -0.39 is 0 Å². The first-order chi connectivity index (χ1) is 14.0. The third-order valence-corrected chi connectivity index (χ3v) is 4.61. The topological polar surface area (TPSA) is 106 Å². The lowest BCUT2D eigenvalue weighted by molar-refractivity contribution is -0.117. The van der Waals surface area contributed by atoms with Crippen LogP contribution < -0.4 is 21.4 Å². The molecule has 154 valence electrons. The Morgan fingerprint density at radius 2 is 1.69 bits per heavy atom. The molecule has 4 N–H and O–H groups in total. The van der Waals surface area contributed by atoms with E-state index in [4.69, 9.17) is 5.90 Å². The Morgan fingerprint density at radius 1 is 1.07 bits per heavy atom. The summed E-state index contributed by atoms with van der Waals surface area (Å²) in [5.74, 6) is 5.65. The molecule has 0 bridgehead atoms. The summed E-state index contributed by atoms with van der Waals surface area (Å²) in [4.78, 5) is 32.9. The molecule has 2 aromatic rings. The highest BCUT2D eigenvalue weighted by Crippen LogP contribution is 2.12. The summed E-state index contributed by atoms with van der Waals surface area (Å²) in [6.45, 7) is 2.08. The predicted octanol–water partition coefficient (Wildman–Crippen LogP) is 1.90. The van der Waals surface area contributed by atoms with Crippen molar-refractivity contribution in [3.05, 3.63) is 65.2 Å². The number of aliphatic imine (C=N–C) groups is 1. The van der Waals surface area contributed by atoms with Gasteiger partial charge in [-0.3, -0.25) is 14.6 Å². The summed E-state index contributed by atoms with van der Waals surface area (Å²) in [5.41, 5.74) is 3.32. The quantitative estimate of drug-likeness (QED) is 0.420. The molecular weight excluding hydrogens is 368 g/mol. The molecule has 7 nitrogen and oxygen atoms in total. The van der Waals surface area contributed by atoms with Gasteiger partial charge < -0.3 is 15.5 Å². The van der Waals surface area contributed by atoms with E-state index >= 15 is 0 Å². The van der Waals surface area contributed by atoms with Gasteiger partial charge in [-0.2, -0.15) is 5.90 Å². The SMILES string of the molecule is CN=C(c1ccc(C(=O)NCCc2ccc(ON)cc2)cc1)C(CC(C)=O)NC. The van der Waals surface area contributed by atoms with E-state index in [1.807, 2.05) is 24.3 Å². The van der Waals surface area contributed by atoms with Crippen LogP contribution in [0.25, 0.3) is 0 Å². The Labute approximate surface area is 171 Å². The van der Waals surface area contributed by atoms with Gasteiger partial charge in [-0.15, -0.1) is 0 Å². The average Bonchev–Trinajstić information content (AvgIpc) is 2.74. The van der Waals surface area contributed by atoms with Crippen molar-refractivity contribution >= 4 is 17.4 Å². The number of ketones is 1. The van der Waals surface area contributed by atoms with E-state index in [0.29, 0.717) is 30.7 Å². The minimum atomic E-state index is -0.159. The molecule has 0 aliphatic rings. The number of nitrogens with zero attached hydrogens (tertiary/aromatic N) is 1. The van der Waals surface area contributed by atoms with Gasteiger partial charge in [0.05, 0.1) is 11.8 Å². The van der Waals surface area contributed by atoms with Gasteiger partial charge in [0.2, 0.25) is 0 Å². The molecule has 0 saturated carbocycles. The maximum absolute atomic E-state index is 12.4. The molecule has 1 unspecified atom stereocenters. The van der Waals surface area contributed by atoms with Crippen molar-refractivity contribution in [2.24, 2.45) is 10.9 Å². The number of benzene rings is 2. The van der Waals surface area contributed by atoms with Crippen molar-refractivity contribution in [1.29, 1.82) is 0 Å². The van der Waals surface area contributed by atoms with Crippen molar-refractivity contribution in [2.45, 2.75) is 25.8 Å². The molecular formula is C22H28N4O3. The molecule has 29 heavy (non-hydrogen) atoms. The Balaban J connectivity index is 1.95. The van der Waals surface area contributed by atoms with Gasteiger partial charge in [0.15, 0.2) is 0 Å². The molecule has 2 rings (SSSR count). The highest BCUT2D eigenvalue weighted by molar-refractivity contribution is 6.06. The molecule has 0 fully saturated rings. The van der Waals surface area contributed by atoms with Crippen LogP contribution in [0.3, 0.4) is 0 Å². The fourth-order valence-electron chi connectivity index (χ4n) is 3.06. The number of carbonyl (C=O) groups excluding carboxylic acids is 2. The molecule has 0 aromatic heterocycles. The summed E-state index contributed by atoms with van der Waals surface area (Å²) in [5, 5.41) is 6.04. The van der Waals surface area contributed by atoms with Crippen LogP contribution >= 0.6 is 0 Å². The van der Waals surface area contributed by atoms with Crippen LogP contribution in [0.15, 0.2) is 53.5 Å². The van der Waals surface area contributed by atoms with Crippen LogP contribution in [0.5, 0.6) is 5.75 Å². The van der Waals surface area contributed by atoms with Crippen LogP contribution in [0.1, 0.15) is 34.8 Å². The van der Waals surface area contributed by atoms with Crippen LogP contribution in [0, 0.1) is 0 Å². The Hall–Kier alpha value is -3.03. The largest absolute Gasteiger partial charge is 0.412 e. The molecule has 0 heterocycles. The fraction of sp³-hybridized carbons (Fsp3) is 0.318. The first-order valence-electron chi connectivity index (χ1n) is 9.46. The average molecular weight is 396 g/mol. The molecule has 0 saturated heterocycles. The fourth-order valence-corrected chi connectivity index (χ4v) is 3.06. The second-order valence-electron chi connectivity index (χ2n) is 6.70. The van der Waals surface area contributed by atoms with Gasteiger partial charge in [-0.25, -0.2) is 0 Å². The minimum Gasteiger partial charge on any atom is -0.412 e. The summed E-state index contributed by atoms with van der Waals surface area (Å²) < 4.78 is 0. The van der Waals surface area contributed by atoms with Crippen LogP contribution in [0.2, 0.25) is 0 Å². The van der Waals surface area contributed by atoms with Gasteiger partial charge >= 0.3 is 0 Å². The van der Waals surface area contributed by atoms with Crippen molar-refractivity contribution in [2.75, 3.05) is 20.6 Å². The number of Topliss-reactive ketones (excluding diaryl/α,β-unsaturated/α-hetero) is 1. The number of hydrogen-bond acceptors (Lipinski definition) is 6. The van der Waals surface area contributed by atoms with Crippen LogP contribution in [-0.2, 0) is 11.2 Å². The second-order valence-corrected chi connectivity index (χ2v) is 6.70. The van der Waals surface area contributed by atoms with Gasteiger partial charge in [0, 0.05) is 25.6 Å². The number of amides is 1. The molecule has 0 aliphatic heterocycles. The molecule has 0 spiro atoms. The van der Waals surface area contributed by atoms with Gasteiger partial charge in [-0.05, 0) is 55.8 Å². The third kappa shape index (κ3) is 6.51. The predicted molar refractivity (Wildman–Crippen MR) is 114 cm³/mol. The van der Waals surface area contributed by atoms with E-state index in [9.17, 15) is 9.59 Å². The van der Waals surface area contributed by atoms with E-state index in [-0.39, 0.29) is 17.7 Å². The van der Waals surface area contributed by atoms with Crippen LogP contribution in [-0.4, -0.2) is 44.1 Å². The molecule has 0 radical (unpaired) electrons. The number of carbonyl (C=O) groups is 2. The van der Waals surface area contributed by atoms with E-state index in [1.165, 1.54) is 0 Å². The summed E-state index contributed by atoms with van der Waals surface area (Å²) in [6, 6.07) is 14.5. The first kappa shape index (κ1) is 22.3. The Bertz CT molecular complexity index is 845. The standard InChI is InChI=1S/C22H28N4O3/c1-15(27)14-20(24-2)21(25-3)17-6-8-18(9-7-17)22(28)26-13-12-16-4-10-19(29-23)11-5-16/h4-11,20,24H,12-14,23H2,1-3H3,(H,26,28). The highest BCUT2D eigenvalue weighted by Gasteiger charge is 2.17. The zero-order valence-electron chi connectivity index (χ0n) is 17.1. The van der Waals surface area contributed by atoms with E-state index in [0.717, 1.165) is 16.8 Å². The van der Waals surface area contributed by atoms with Crippen LogP contribution in [0.4, 0.5) is 0 Å². The number of nitrogens with two attached hydrogens (primary N) is 1. The highest BCUT2D eigenvalue weighted by atomic mass is 16.6. The summed E-state index contributed by atoms with van der Waals surface area (Å²) in [7, 11) is 3.50. The van der Waals surface area contributed by atoms with Crippen molar-refractivity contribution in [3.8, 4) is 5.75 Å². The monoisotopic (exact) mass is 396 g/mol. The number of rotatable bonds is 10. The number of hydrogen-bond donors (Lipinski definition) is 3. The zero-order valence-corrected chi connectivity index (χ0v) is 17.1. The maximum Gasteiger partial charge on any atom is 0.251 e. The van der Waals surface area contributed by atoms with Crippen molar-refractivity contribution < 1.29 is 14.4 Å². The van der Waals surface area contributed by atoms with Gasteiger partial charge in [0.25, 0.3) is 5.91 Å². The third-order valence-electron chi connectivity index (χ3n) is 4.61. The smallest absolute Gasteiger partial charge is 0.251 e. The second kappa shape index (κ2) is 11.1. The van der Waals surface area contributed by atoms with Crippen molar-refractivity contribution in [1.82, 2.24) is 10.6 Å². The zero-order chi connectivity index (χ0) is 21.2. The first-order valence-corrected chi connectivity index (χ1v) is 9.46. The molecule has 1 amide bonds. The molecule has 0 aliphatic carbocycles. The maximum atomic E-state index is 12.4. The minimum absolute atomic E-state index is 0.0895. The summed E-state index contributed by atoms with van der Waals surface area (Å²) >= 11 is 0. The summed E-state index contributed by atoms with van der Waals surface area (Å²) in [6.07, 6.45) is 1.07. The molecule has 2 aromatic carbocycles. The Morgan fingerprint density at radius 3 is 2.21 bits per heavy atom. The van der Waals surface area contributed by atoms with Gasteiger partial charge in [0.1, 0.15) is 11.5 Å². The van der Waals surface area contributed by atoms with E-state index in [2.05, 4.69) is 20.5 Å².